The van der Waals surface area contributed by atoms with Gasteiger partial charge < -0.3 is 10.2 Å². The molecular formula is C15H24N2OS. The Morgan fingerprint density at radius 2 is 1.95 bits per heavy atom. The van der Waals surface area contributed by atoms with Crippen molar-refractivity contribution in [1.82, 2.24) is 5.32 Å². The summed E-state index contributed by atoms with van der Waals surface area (Å²) in [6.07, 6.45) is 4.10. The Morgan fingerprint density at radius 1 is 1.32 bits per heavy atom. The molecule has 0 aliphatic carbocycles. The summed E-state index contributed by atoms with van der Waals surface area (Å²) in [4.78, 5) is 2.45. The van der Waals surface area contributed by atoms with Gasteiger partial charge in [-0.05, 0) is 31.9 Å². The average Bonchev–Trinajstić information content (AvgIpc) is 2.39. The van der Waals surface area contributed by atoms with E-state index in [1.807, 2.05) is 0 Å². The zero-order valence-corrected chi connectivity index (χ0v) is 12.7. The van der Waals surface area contributed by atoms with Crippen molar-refractivity contribution in [2.45, 2.75) is 31.8 Å². The quantitative estimate of drug-likeness (QED) is 0.895. The standard InChI is InChI=1S/C15H24N2OS/c1-13(12-19(2)18)16-14-8-10-17(11-9-14)15-6-4-3-5-7-15/h3-7,13-14,16H,8-12H2,1-2H3. The lowest BCUT2D eigenvalue weighted by Gasteiger charge is -2.35. The smallest absolute Gasteiger partial charge is 0.0383 e. The summed E-state index contributed by atoms with van der Waals surface area (Å²) in [5, 5.41) is 3.60. The lowest BCUT2D eigenvalue weighted by Crippen LogP contribution is -2.46. The van der Waals surface area contributed by atoms with Gasteiger partial charge >= 0.3 is 0 Å². The largest absolute Gasteiger partial charge is 0.371 e. The molecule has 1 aliphatic rings. The van der Waals surface area contributed by atoms with Gasteiger partial charge in [0.1, 0.15) is 0 Å². The van der Waals surface area contributed by atoms with Crippen LogP contribution in [0, 0.1) is 0 Å². The number of nitrogens with zero attached hydrogens (tertiary/aromatic N) is 1. The molecule has 0 saturated carbocycles. The van der Waals surface area contributed by atoms with Crippen LogP contribution in [0.4, 0.5) is 5.69 Å². The van der Waals surface area contributed by atoms with Crippen LogP contribution in [0.25, 0.3) is 0 Å². The van der Waals surface area contributed by atoms with E-state index in [9.17, 15) is 4.21 Å². The van der Waals surface area contributed by atoms with E-state index < -0.39 is 10.8 Å². The van der Waals surface area contributed by atoms with Gasteiger partial charge in [-0.3, -0.25) is 4.21 Å². The summed E-state index contributed by atoms with van der Waals surface area (Å²) in [5.41, 5.74) is 1.32. The highest BCUT2D eigenvalue weighted by Gasteiger charge is 2.20. The van der Waals surface area contributed by atoms with Crippen molar-refractivity contribution < 1.29 is 4.21 Å². The van der Waals surface area contributed by atoms with Gasteiger partial charge in [-0.25, -0.2) is 0 Å². The maximum Gasteiger partial charge on any atom is 0.0383 e. The fourth-order valence-corrected chi connectivity index (χ4v) is 3.55. The van der Waals surface area contributed by atoms with E-state index in [2.05, 4.69) is 47.5 Å². The zero-order valence-electron chi connectivity index (χ0n) is 11.8. The lowest BCUT2D eigenvalue weighted by molar-refractivity contribution is 0.388. The van der Waals surface area contributed by atoms with E-state index >= 15 is 0 Å². The molecule has 1 heterocycles. The number of anilines is 1. The Hall–Kier alpha value is -0.870. The van der Waals surface area contributed by atoms with Crippen LogP contribution in [-0.2, 0) is 10.8 Å². The second-order valence-corrected chi connectivity index (χ2v) is 6.88. The summed E-state index contributed by atoms with van der Waals surface area (Å²) < 4.78 is 11.2. The molecule has 2 atom stereocenters. The van der Waals surface area contributed by atoms with Gasteiger partial charge in [0.15, 0.2) is 0 Å². The van der Waals surface area contributed by atoms with Crippen LogP contribution in [0.3, 0.4) is 0 Å². The second kappa shape index (κ2) is 7.06. The Kier molecular flexibility index (Phi) is 5.40. The molecule has 3 nitrogen and oxygen atoms in total. The van der Waals surface area contributed by atoms with Crippen molar-refractivity contribution in [2.24, 2.45) is 0 Å². The summed E-state index contributed by atoms with van der Waals surface area (Å²) in [7, 11) is -0.710. The van der Waals surface area contributed by atoms with Crippen molar-refractivity contribution >= 4 is 16.5 Å². The molecule has 0 amide bonds. The van der Waals surface area contributed by atoms with E-state index in [1.54, 1.807) is 6.26 Å². The van der Waals surface area contributed by atoms with Crippen LogP contribution in [0.1, 0.15) is 19.8 Å². The minimum Gasteiger partial charge on any atom is -0.371 e. The molecule has 0 bridgehead atoms. The molecule has 106 valence electrons. The van der Waals surface area contributed by atoms with Gasteiger partial charge in [-0.2, -0.15) is 0 Å². The molecule has 0 spiro atoms. The third-order valence-corrected chi connectivity index (χ3v) is 4.59. The van der Waals surface area contributed by atoms with E-state index in [0.29, 0.717) is 12.1 Å². The van der Waals surface area contributed by atoms with Crippen LogP contribution in [0.2, 0.25) is 0 Å². The van der Waals surface area contributed by atoms with Crippen molar-refractivity contribution in [2.75, 3.05) is 30.0 Å². The highest BCUT2D eigenvalue weighted by molar-refractivity contribution is 7.84. The minimum atomic E-state index is -0.710. The molecule has 1 saturated heterocycles. The summed E-state index contributed by atoms with van der Waals surface area (Å²) in [6, 6.07) is 11.5. The van der Waals surface area contributed by atoms with Gasteiger partial charge in [0.2, 0.25) is 0 Å². The van der Waals surface area contributed by atoms with Crippen LogP contribution < -0.4 is 10.2 Å². The van der Waals surface area contributed by atoms with Gasteiger partial charge in [0, 0.05) is 53.7 Å². The topological polar surface area (TPSA) is 32.3 Å². The van der Waals surface area contributed by atoms with Crippen LogP contribution in [0.5, 0.6) is 0 Å². The number of rotatable bonds is 5. The highest BCUT2D eigenvalue weighted by Crippen LogP contribution is 2.19. The number of para-hydroxylation sites is 1. The van der Waals surface area contributed by atoms with Crippen molar-refractivity contribution in [3.63, 3.8) is 0 Å². The summed E-state index contributed by atoms with van der Waals surface area (Å²) in [6.45, 7) is 4.33. The average molecular weight is 280 g/mol. The number of nitrogens with one attached hydrogen (secondary N) is 1. The third-order valence-electron chi connectivity index (χ3n) is 3.62. The molecule has 2 unspecified atom stereocenters. The Labute approximate surface area is 118 Å². The molecule has 2 rings (SSSR count). The monoisotopic (exact) mass is 280 g/mol. The summed E-state index contributed by atoms with van der Waals surface area (Å²) >= 11 is 0. The SMILES string of the molecule is CC(CS(C)=O)NC1CCN(c2ccccc2)CC1. The summed E-state index contributed by atoms with van der Waals surface area (Å²) in [5.74, 6) is 0.749. The van der Waals surface area contributed by atoms with Crippen molar-refractivity contribution in [3.8, 4) is 0 Å². The molecule has 1 aromatic carbocycles. The normalized spacial score (nSPS) is 20.2. The Morgan fingerprint density at radius 3 is 2.53 bits per heavy atom. The predicted molar refractivity (Wildman–Crippen MR) is 83.2 cm³/mol. The molecule has 0 aromatic heterocycles. The molecule has 1 fully saturated rings. The highest BCUT2D eigenvalue weighted by atomic mass is 32.2. The van der Waals surface area contributed by atoms with E-state index in [4.69, 9.17) is 0 Å². The fourth-order valence-electron chi connectivity index (χ4n) is 2.75. The first-order chi connectivity index (χ1) is 9.15. The number of hydrogen-bond donors (Lipinski definition) is 1. The number of benzene rings is 1. The molecule has 19 heavy (non-hydrogen) atoms. The van der Waals surface area contributed by atoms with Gasteiger partial charge in [-0.15, -0.1) is 0 Å². The minimum absolute atomic E-state index is 0.346. The molecule has 1 N–H and O–H groups in total. The van der Waals surface area contributed by atoms with Gasteiger partial charge in [-0.1, -0.05) is 18.2 Å². The molecule has 1 aliphatic heterocycles. The van der Waals surface area contributed by atoms with E-state index in [-0.39, 0.29) is 0 Å². The number of piperidine rings is 1. The molecular weight excluding hydrogens is 256 g/mol. The van der Waals surface area contributed by atoms with Crippen molar-refractivity contribution in [1.29, 1.82) is 0 Å². The Bertz CT molecular complexity index is 402. The Balaban J connectivity index is 1.78. The molecule has 0 radical (unpaired) electrons. The second-order valence-electron chi connectivity index (χ2n) is 5.40. The van der Waals surface area contributed by atoms with Crippen LogP contribution in [0.15, 0.2) is 30.3 Å². The van der Waals surface area contributed by atoms with Gasteiger partial charge in [0.25, 0.3) is 0 Å². The first-order valence-electron chi connectivity index (χ1n) is 7.01. The van der Waals surface area contributed by atoms with Crippen LogP contribution >= 0.6 is 0 Å². The lowest BCUT2D eigenvalue weighted by atomic mass is 10.0. The predicted octanol–water partition coefficient (Wildman–Crippen LogP) is 2.01. The van der Waals surface area contributed by atoms with E-state index in [0.717, 1.165) is 31.7 Å². The van der Waals surface area contributed by atoms with Crippen LogP contribution in [-0.4, -0.2) is 41.4 Å². The number of hydrogen-bond acceptors (Lipinski definition) is 3. The zero-order chi connectivity index (χ0) is 13.7. The maximum atomic E-state index is 11.2. The van der Waals surface area contributed by atoms with E-state index in [1.165, 1.54) is 5.69 Å². The van der Waals surface area contributed by atoms with Crippen molar-refractivity contribution in [3.05, 3.63) is 30.3 Å². The third kappa shape index (κ3) is 4.62. The first-order valence-corrected chi connectivity index (χ1v) is 8.74. The van der Waals surface area contributed by atoms with Gasteiger partial charge in [0.05, 0.1) is 0 Å². The first kappa shape index (κ1) is 14.5. The fraction of sp³-hybridized carbons (Fsp3) is 0.600. The molecule has 4 heteroatoms. The molecule has 1 aromatic rings. The maximum absolute atomic E-state index is 11.2.